The van der Waals surface area contributed by atoms with Crippen LogP contribution < -0.4 is 0 Å². The van der Waals surface area contributed by atoms with Crippen LogP contribution in [-0.2, 0) is 0 Å². The lowest BCUT2D eigenvalue weighted by molar-refractivity contribution is 0.0546. The maximum absolute atomic E-state index is 12.4. The van der Waals surface area contributed by atoms with E-state index in [-0.39, 0.29) is 12.0 Å². The molecule has 0 saturated carbocycles. The molecule has 1 fully saturated rings. The van der Waals surface area contributed by atoms with Crippen LogP contribution >= 0.6 is 0 Å². The molecule has 1 aliphatic heterocycles. The largest absolute Gasteiger partial charge is 0.393 e. The number of hydrogen-bond acceptors (Lipinski definition) is 3. The third kappa shape index (κ3) is 2.90. The summed E-state index contributed by atoms with van der Waals surface area (Å²) in [5, 5.41) is 14.0. The fourth-order valence-corrected chi connectivity index (χ4v) is 2.89. The first-order valence-corrected chi connectivity index (χ1v) is 7.65. The number of carbonyl (C=O) groups excluding carboxylic acids is 1. The summed E-state index contributed by atoms with van der Waals surface area (Å²) in [7, 11) is 0. The Balaban J connectivity index is 1.76. The van der Waals surface area contributed by atoms with Crippen molar-refractivity contribution in [3.05, 3.63) is 47.3 Å². The van der Waals surface area contributed by atoms with Crippen LogP contribution in [0.1, 0.15) is 34.6 Å². The molecule has 0 unspecified atom stereocenters. The quantitative estimate of drug-likeness (QED) is 0.923. The van der Waals surface area contributed by atoms with Gasteiger partial charge >= 0.3 is 0 Å². The van der Waals surface area contributed by atoms with Gasteiger partial charge in [0, 0.05) is 24.3 Å². The number of aryl methyl sites for hydroxylation is 2. The summed E-state index contributed by atoms with van der Waals surface area (Å²) in [6.07, 6.45) is 1.06. The topological polar surface area (TPSA) is 58.4 Å². The Bertz CT molecular complexity index is 668. The lowest BCUT2D eigenvalue weighted by Crippen LogP contribution is -2.40. The van der Waals surface area contributed by atoms with Gasteiger partial charge in [0.15, 0.2) is 0 Å². The molecule has 116 valence electrons. The predicted molar refractivity (Wildman–Crippen MR) is 84.2 cm³/mol. The molecule has 2 aromatic rings. The van der Waals surface area contributed by atoms with E-state index >= 15 is 0 Å². The molecule has 1 saturated heterocycles. The van der Waals surface area contributed by atoms with E-state index in [0.29, 0.717) is 31.5 Å². The Hall–Kier alpha value is -2.14. The molecule has 0 spiro atoms. The number of benzene rings is 1. The summed E-state index contributed by atoms with van der Waals surface area (Å²) < 4.78 is 1.88. The van der Waals surface area contributed by atoms with Crippen molar-refractivity contribution in [2.24, 2.45) is 0 Å². The molecule has 1 N–H and O–H groups in total. The number of carbonyl (C=O) groups is 1. The molecular weight excluding hydrogens is 278 g/mol. The zero-order chi connectivity index (χ0) is 15.7. The van der Waals surface area contributed by atoms with Crippen LogP contribution in [0.5, 0.6) is 0 Å². The molecule has 0 radical (unpaired) electrons. The SMILES string of the molecule is Cc1cc(C)n(-c2ccc(C(=O)N3CCC(O)CC3)cc2)n1. The molecule has 0 bridgehead atoms. The van der Waals surface area contributed by atoms with Crippen molar-refractivity contribution in [1.82, 2.24) is 14.7 Å². The normalized spacial score (nSPS) is 16.0. The lowest BCUT2D eigenvalue weighted by atomic mass is 10.1. The number of aliphatic hydroxyl groups is 1. The highest BCUT2D eigenvalue weighted by Gasteiger charge is 2.22. The van der Waals surface area contributed by atoms with Gasteiger partial charge in [0.05, 0.1) is 17.5 Å². The van der Waals surface area contributed by atoms with E-state index in [2.05, 4.69) is 5.10 Å². The molecule has 1 aromatic heterocycles. The number of aliphatic hydroxyl groups excluding tert-OH is 1. The molecule has 5 nitrogen and oxygen atoms in total. The van der Waals surface area contributed by atoms with Crippen molar-refractivity contribution in [2.45, 2.75) is 32.8 Å². The minimum Gasteiger partial charge on any atom is -0.393 e. The summed E-state index contributed by atoms with van der Waals surface area (Å²) in [4.78, 5) is 14.3. The summed E-state index contributed by atoms with van der Waals surface area (Å²) in [5.74, 6) is 0.0341. The second-order valence-electron chi connectivity index (χ2n) is 5.91. The van der Waals surface area contributed by atoms with E-state index in [9.17, 15) is 9.90 Å². The van der Waals surface area contributed by atoms with Crippen LogP contribution in [0.25, 0.3) is 5.69 Å². The maximum Gasteiger partial charge on any atom is 0.253 e. The molecule has 0 aliphatic carbocycles. The number of hydrogen-bond donors (Lipinski definition) is 1. The smallest absolute Gasteiger partial charge is 0.253 e. The highest BCUT2D eigenvalue weighted by molar-refractivity contribution is 5.94. The molecule has 2 heterocycles. The highest BCUT2D eigenvalue weighted by atomic mass is 16.3. The molecule has 3 rings (SSSR count). The number of piperidine rings is 1. The molecule has 1 aromatic carbocycles. The van der Waals surface area contributed by atoms with Crippen molar-refractivity contribution in [3.8, 4) is 5.69 Å². The van der Waals surface area contributed by atoms with Crippen LogP contribution in [0, 0.1) is 13.8 Å². The van der Waals surface area contributed by atoms with Crippen LogP contribution in [0.2, 0.25) is 0 Å². The number of aromatic nitrogens is 2. The average molecular weight is 299 g/mol. The maximum atomic E-state index is 12.4. The van der Waals surface area contributed by atoms with Gasteiger partial charge < -0.3 is 10.0 Å². The predicted octanol–water partition coefficient (Wildman–Crippen LogP) is 2.09. The molecular formula is C17H21N3O2. The Morgan fingerprint density at radius 2 is 1.82 bits per heavy atom. The second kappa shape index (κ2) is 5.93. The third-order valence-corrected chi connectivity index (χ3v) is 4.12. The third-order valence-electron chi connectivity index (χ3n) is 4.12. The van der Waals surface area contributed by atoms with Crippen molar-refractivity contribution in [2.75, 3.05) is 13.1 Å². The lowest BCUT2D eigenvalue weighted by Gasteiger charge is -2.29. The molecule has 5 heteroatoms. The van der Waals surface area contributed by atoms with Gasteiger partial charge in [-0.2, -0.15) is 5.10 Å². The Labute approximate surface area is 130 Å². The van der Waals surface area contributed by atoms with Crippen molar-refractivity contribution in [1.29, 1.82) is 0 Å². The van der Waals surface area contributed by atoms with Gasteiger partial charge in [-0.1, -0.05) is 0 Å². The van der Waals surface area contributed by atoms with Crippen LogP contribution in [-0.4, -0.2) is 44.9 Å². The first-order chi connectivity index (χ1) is 10.5. The Kier molecular flexibility index (Phi) is 3.98. The zero-order valence-corrected chi connectivity index (χ0v) is 13.0. The number of rotatable bonds is 2. The minimum absolute atomic E-state index is 0.0341. The van der Waals surface area contributed by atoms with Crippen LogP contribution in [0.3, 0.4) is 0 Å². The number of nitrogens with zero attached hydrogens (tertiary/aromatic N) is 3. The molecule has 1 aliphatic rings. The first kappa shape index (κ1) is 14.8. The van der Waals surface area contributed by atoms with E-state index in [4.69, 9.17) is 0 Å². The second-order valence-corrected chi connectivity index (χ2v) is 5.91. The van der Waals surface area contributed by atoms with E-state index in [1.165, 1.54) is 0 Å². The van der Waals surface area contributed by atoms with Gasteiger partial charge in [-0.25, -0.2) is 4.68 Å². The fraction of sp³-hybridized carbons (Fsp3) is 0.412. The van der Waals surface area contributed by atoms with E-state index in [1.54, 1.807) is 0 Å². The van der Waals surface area contributed by atoms with Crippen molar-refractivity contribution >= 4 is 5.91 Å². The molecule has 1 amide bonds. The standard InChI is InChI=1S/C17H21N3O2/c1-12-11-13(2)20(18-12)15-5-3-14(4-6-15)17(22)19-9-7-16(21)8-10-19/h3-6,11,16,21H,7-10H2,1-2H3. The van der Waals surface area contributed by atoms with Crippen LogP contribution in [0.4, 0.5) is 0 Å². The summed E-state index contributed by atoms with van der Waals surface area (Å²) >= 11 is 0. The van der Waals surface area contributed by atoms with Gasteiger partial charge in [-0.15, -0.1) is 0 Å². The Morgan fingerprint density at radius 3 is 2.36 bits per heavy atom. The van der Waals surface area contributed by atoms with Gasteiger partial charge in [0.1, 0.15) is 0 Å². The summed E-state index contributed by atoms with van der Waals surface area (Å²) in [5.41, 5.74) is 3.68. The van der Waals surface area contributed by atoms with E-state index in [1.807, 2.05) is 53.8 Å². The number of likely N-dealkylation sites (tertiary alicyclic amines) is 1. The molecule has 0 atom stereocenters. The van der Waals surface area contributed by atoms with Gasteiger partial charge in [0.25, 0.3) is 5.91 Å². The van der Waals surface area contributed by atoms with Crippen LogP contribution in [0.15, 0.2) is 30.3 Å². The first-order valence-electron chi connectivity index (χ1n) is 7.65. The van der Waals surface area contributed by atoms with Crippen molar-refractivity contribution < 1.29 is 9.90 Å². The zero-order valence-electron chi connectivity index (χ0n) is 13.0. The van der Waals surface area contributed by atoms with Gasteiger partial charge in [-0.05, 0) is 57.0 Å². The Morgan fingerprint density at radius 1 is 1.18 bits per heavy atom. The monoisotopic (exact) mass is 299 g/mol. The van der Waals surface area contributed by atoms with E-state index < -0.39 is 0 Å². The van der Waals surface area contributed by atoms with Crippen molar-refractivity contribution in [3.63, 3.8) is 0 Å². The van der Waals surface area contributed by atoms with E-state index in [0.717, 1.165) is 17.1 Å². The van der Waals surface area contributed by atoms with Gasteiger partial charge in [-0.3, -0.25) is 4.79 Å². The summed E-state index contributed by atoms with van der Waals surface area (Å²) in [6, 6.07) is 9.56. The molecule has 22 heavy (non-hydrogen) atoms. The number of amides is 1. The minimum atomic E-state index is -0.266. The fourth-order valence-electron chi connectivity index (χ4n) is 2.89. The van der Waals surface area contributed by atoms with Gasteiger partial charge in [0.2, 0.25) is 0 Å². The summed E-state index contributed by atoms with van der Waals surface area (Å²) in [6.45, 7) is 5.22. The highest BCUT2D eigenvalue weighted by Crippen LogP contribution is 2.17. The average Bonchev–Trinajstić information content (AvgIpc) is 2.86.